The number of carboxylic acids is 1. The molecular weight excluding hydrogens is 372 g/mol. The number of sulfonamides is 1. The Bertz CT molecular complexity index is 901. The van der Waals surface area contributed by atoms with E-state index in [4.69, 9.17) is 16.7 Å². The zero-order valence-corrected chi connectivity index (χ0v) is 14.2. The van der Waals surface area contributed by atoms with E-state index < -0.39 is 33.4 Å². The molecular formula is C15H13ClN2O6S. The first-order valence-electron chi connectivity index (χ1n) is 6.93. The summed E-state index contributed by atoms with van der Waals surface area (Å²) in [5.41, 5.74) is -0.313. The third kappa shape index (κ3) is 4.75. The fraction of sp³-hybridized carbons (Fsp3) is 0.133. The summed E-state index contributed by atoms with van der Waals surface area (Å²) in [5.74, 6) is -1.29. The number of benzene rings is 2. The van der Waals surface area contributed by atoms with Gasteiger partial charge in [0.2, 0.25) is 10.0 Å². The van der Waals surface area contributed by atoms with Gasteiger partial charge >= 0.3 is 5.97 Å². The smallest absolute Gasteiger partial charge is 0.305 e. The molecule has 0 aromatic heterocycles. The lowest BCUT2D eigenvalue weighted by Crippen LogP contribution is -2.30. The number of nitrogens with one attached hydrogen (secondary N) is 1. The van der Waals surface area contributed by atoms with Crippen LogP contribution in [0.5, 0.6) is 0 Å². The maximum absolute atomic E-state index is 12.4. The predicted molar refractivity (Wildman–Crippen MR) is 89.9 cm³/mol. The lowest BCUT2D eigenvalue weighted by atomic mass is 10.0. The van der Waals surface area contributed by atoms with Crippen LogP contribution in [0, 0.1) is 10.1 Å². The van der Waals surface area contributed by atoms with Gasteiger partial charge in [0.15, 0.2) is 0 Å². The summed E-state index contributed by atoms with van der Waals surface area (Å²) in [6, 6.07) is 9.51. The third-order valence-electron chi connectivity index (χ3n) is 3.30. The van der Waals surface area contributed by atoms with E-state index >= 15 is 0 Å². The first-order valence-corrected chi connectivity index (χ1v) is 8.80. The maximum atomic E-state index is 12.4. The Kier molecular flexibility index (Phi) is 5.73. The predicted octanol–water partition coefficient (Wildman–Crippen LogP) is 2.74. The van der Waals surface area contributed by atoms with Gasteiger partial charge in [0.1, 0.15) is 0 Å². The van der Waals surface area contributed by atoms with Crippen LogP contribution >= 0.6 is 11.6 Å². The second-order valence-corrected chi connectivity index (χ2v) is 7.17. The molecule has 0 fully saturated rings. The molecule has 25 heavy (non-hydrogen) atoms. The standard InChI is InChI=1S/C15H13ClN2O6S/c16-13-7-6-10(18(21)22)8-12(13)14(9-15(19)20)17-25(23,24)11-4-2-1-3-5-11/h1-8,14,17H,9H2,(H,19,20)/t14-/m0/s1. The van der Waals surface area contributed by atoms with Crippen molar-refractivity contribution in [2.75, 3.05) is 0 Å². The lowest BCUT2D eigenvalue weighted by molar-refractivity contribution is -0.384. The highest BCUT2D eigenvalue weighted by molar-refractivity contribution is 7.89. The Balaban J connectivity index is 2.46. The molecule has 0 saturated heterocycles. The average molecular weight is 385 g/mol. The van der Waals surface area contributed by atoms with E-state index in [-0.39, 0.29) is 21.2 Å². The largest absolute Gasteiger partial charge is 0.481 e. The normalized spacial score (nSPS) is 12.5. The van der Waals surface area contributed by atoms with E-state index in [2.05, 4.69) is 4.72 Å². The zero-order chi connectivity index (χ0) is 18.6. The van der Waals surface area contributed by atoms with Gasteiger partial charge in [-0.1, -0.05) is 29.8 Å². The van der Waals surface area contributed by atoms with Gasteiger partial charge in [-0.05, 0) is 23.8 Å². The summed E-state index contributed by atoms with van der Waals surface area (Å²) in [7, 11) is -4.04. The fourth-order valence-electron chi connectivity index (χ4n) is 2.16. The SMILES string of the molecule is O=C(O)C[C@H](NS(=O)(=O)c1ccccc1)c1cc([N+](=O)[O-])ccc1Cl. The van der Waals surface area contributed by atoms with Crippen LogP contribution in [0.25, 0.3) is 0 Å². The molecule has 0 aliphatic carbocycles. The van der Waals surface area contributed by atoms with Crippen molar-refractivity contribution in [3.8, 4) is 0 Å². The number of halogens is 1. The minimum Gasteiger partial charge on any atom is -0.481 e. The number of carboxylic acid groups (broad SMARTS) is 1. The van der Waals surface area contributed by atoms with Gasteiger partial charge in [0.25, 0.3) is 5.69 Å². The number of nitro groups is 1. The van der Waals surface area contributed by atoms with Gasteiger partial charge in [0, 0.05) is 17.2 Å². The summed E-state index contributed by atoms with van der Waals surface area (Å²) < 4.78 is 27.1. The Morgan fingerprint density at radius 3 is 2.44 bits per heavy atom. The Hall–Kier alpha value is -2.49. The molecule has 0 spiro atoms. The number of aliphatic carboxylic acids is 1. The number of hydrogen-bond acceptors (Lipinski definition) is 5. The quantitative estimate of drug-likeness (QED) is 0.558. The van der Waals surface area contributed by atoms with Crippen LogP contribution in [0.4, 0.5) is 5.69 Å². The Labute approximate surface area is 148 Å². The minimum absolute atomic E-state index is 0.0118. The van der Waals surface area contributed by atoms with Gasteiger partial charge in [-0.2, -0.15) is 0 Å². The van der Waals surface area contributed by atoms with Crippen LogP contribution in [0.15, 0.2) is 53.4 Å². The summed E-state index contributed by atoms with van der Waals surface area (Å²) in [6.07, 6.45) is -0.632. The molecule has 10 heteroatoms. The molecule has 0 amide bonds. The molecule has 2 aromatic carbocycles. The van der Waals surface area contributed by atoms with E-state index in [1.54, 1.807) is 6.07 Å². The zero-order valence-electron chi connectivity index (χ0n) is 12.6. The number of carbonyl (C=O) groups is 1. The van der Waals surface area contributed by atoms with Crippen molar-refractivity contribution in [2.24, 2.45) is 0 Å². The molecule has 0 saturated carbocycles. The van der Waals surface area contributed by atoms with E-state index in [1.807, 2.05) is 0 Å². The van der Waals surface area contributed by atoms with Crippen molar-refractivity contribution in [3.63, 3.8) is 0 Å². The highest BCUT2D eigenvalue weighted by Crippen LogP contribution is 2.30. The van der Waals surface area contributed by atoms with Crippen molar-refractivity contribution in [2.45, 2.75) is 17.4 Å². The number of nitrogens with zero attached hydrogens (tertiary/aromatic N) is 1. The first kappa shape index (κ1) is 18.8. The van der Waals surface area contributed by atoms with Crippen LogP contribution < -0.4 is 4.72 Å². The molecule has 1 atom stereocenters. The molecule has 0 unspecified atom stereocenters. The second-order valence-electron chi connectivity index (χ2n) is 5.05. The average Bonchev–Trinajstić information content (AvgIpc) is 2.54. The Morgan fingerprint density at radius 2 is 1.88 bits per heavy atom. The van der Waals surface area contributed by atoms with Gasteiger partial charge in [-0.15, -0.1) is 0 Å². The van der Waals surface area contributed by atoms with Gasteiger partial charge < -0.3 is 5.11 Å². The number of non-ortho nitro benzene ring substituents is 1. The lowest BCUT2D eigenvalue weighted by Gasteiger charge is -2.18. The van der Waals surface area contributed by atoms with E-state index in [0.29, 0.717) is 0 Å². The molecule has 0 bridgehead atoms. The molecule has 0 heterocycles. The van der Waals surface area contributed by atoms with Crippen LogP contribution in [-0.4, -0.2) is 24.4 Å². The monoisotopic (exact) mass is 384 g/mol. The molecule has 0 radical (unpaired) electrons. The van der Waals surface area contributed by atoms with Gasteiger partial charge in [-0.3, -0.25) is 14.9 Å². The van der Waals surface area contributed by atoms with E-state index in [9.17, 15) is 23.3 Å². The molecule has 2 aromatic rings. The van der Waals surface area contributed by atoms with E-state index in [0.717, 1.165) is 12.1 Å². The Morgan fingerprint density at radius 1 is 1.24 bits per heavy atom. The summed E-state index contributed by atoms with van der Waals surface area (Å²) >= 11 is 6.00. The highest BCUT2D eigenvalue weighted by atomic mass is 35.5. The van der Waals surface area contributed by atoms with E-state index in [1.165, 1.54) is 30.3 Å². The topological polar surface area (TPSA) is 127 Å². The number of nitro benzene ring substituents is 1. The minimum atomic E-state index is -4.04. The second kappa shape index (κ2) is 7.60. The van der Waals surface area contributed by atoms with Crippen LogP contribution in [0.2, 0.25) is 5.02 Å². The van der Waals surface area contributed by atoms with Gasteiger partial charge in [0.05, 0.1) is 22.3 Å². The first-order chi connectivity index (χ1) is 11.7. The van der Waals surface area contributed by atoms with Gasteiger partial charge in [-0.25, -0.2) is 13.1 Å². The number of hydrogen-bond donors (Lipinski definition) is 2. The summed E-state index contributed by atoms with van der Waals surface area (Å²) in [6.45, 7) is 0. The number of rotatable bonds is 7. The van der Waals surface area contributed by atoms with Crippen LogP contribution in [0.3, 0.4) is 0 Å². The fourth-order valence-corrected chi connectivity index (χ4v) is 3.64. The highest BCUT2D eigenvalue weighted by Gasteiger charge is 2.26. The summed E-state index contributed by atoms with van der Waals surface area (Å²) in [4.78, 5) is 21.3. The van der Waals surface area contributed by atoms with Crippen LogP contribution in [-0.2, 0) is 14.8 Å². The van der Waals surface area contributed by atoms with Crippen molar-refractivity contribution in [3.05, 3.63) is 69.2 Å². The summed E-state index contributed by atoms with van der Waals surface area (Å²) in [5, 5.41) is 20.0. The molecule has 0 aliphatic heterocycles. The van der Waals surface area contributed by atoms with Crippen molar-refractivity contribution < 1.29 is 23.2 Å². The molecule has 2 rings (SSSR count). The molecule has 132 valence electrons. The molecule has 8 nitrogen and oxygen atoms in total. The molecule has 2 N–H and O–H groups in total. The third-order valence-corrected chi connectivity index (χ3v) is 5.13. The molecule has 0 aliphatic rings. The van der Waals surface area contributed by atoms with Crippen molar-refractivity contribution >= 4 is 33.3 Å². The van der Waals surface area contributed by atoms with Crippen LogP contribution in [0.1, 0.15) is 18.0 Å². The maximum Gasteiger partial charge on any atom is 0.305 e. The van der Waals surface area contributed by atoms with Crippen molar-refractivity contribution in [1.29, 1.82) is 0 Å². The van der Waals surface area contributed by atoms with Crippen molar-refractivity contribution in [1.82, 2.24) is 4.72 Å².